The van der Waals surface area contributed by atoms with Crippen molar-refractivity contribution in [2.45, 2.75) is 50.5 Å². The molecule has 14 heteroatoms. The molecule has 1 amide bonds. The summed E-state index contributed by atoms with van der Waals surface area (Å²) in [4.78, 5) is 24.3. The smallest absolute Gasteiger partial charge is 0.475 e. The third kappa shape index (κ3) is 7.39. The lowest BCUT2D eigenvalue weighted by Crippen LogP contribution is -2.41. The molecule has 5 rings (SSSR count). The average Bonchev–Trinajstić information content (AvgIpc) is 3.22. The summed E-state index contributed by atoms with van der Waals surface area (Å²) in [6.07, 6.45) is -3.32. The van der Waals surface area contributed by atoms with Gasteiger partial charge >= 0.3 is 18.3 Å². The van der Waals surface area contributed by atoms with Gasteiger partial charge in [0, 0.05) is 29.8 Å². The third-order valence-corrected chi connectivity index (χ3v) is 7.24. The first-order chi connectivity index (χ1) is 19.2. The molecule has 0 saturated heterocycles. The van der Waals surface area contributed by atoms with Gasteiger partial charge in [-0.15, -0.1) is 0 Å². The van der Waals surface area contributed by atoms with Gasteiger partial charge in [-0.3, -0.25) is 9.69 Å². The zero-order chi connectivity index (χ0) is 29.9. The Hall–Kier alpha value is -3.58. The molecule has 0 spiro atoms. The van der Waals surface area contributed by atoms with Gasteiger partial charge in [-0.1, -0.05) is 24.1 Å². The molecule has 0 radical (unpaired) electrons. The summed E-state index contributed by atoms with van der Waals surface area (Å²) in [5, 5.41) is 14.0. The highest BCUT2D eigenvalue weighted by molar-refractivity contribution is 6.30. The van der Waals surface area contributed by atoms with E-state index in [1.165, 1.54) is 49.1 Å². The number of amides is 1. The van der Waals surface area contributed by atoms with Crippen LogP contribution in [0, 0.1) is 0 Å². The maximum atomic E-state index is 13.9. The number of hydrogen-bond acceptors (Lipinski definition) is 4. The van der Waals surface area contributed by atoms with Crippen LogP contribution >= 0.6 is 11.6 Å². The maximum Gasteiger partial charge on any atom is 0.490 e. The Kier molecular flexibility index (Phi) is 8.97. The molecule has 1 aliphatic carbocycles. The molecule has 2 N–H and O–H groups in total. The molecule has 0 unspecified atom stereocenters. The maximum absolute atomic E-state index is 13.9. The Balaban J connectivity index is 0.000000493. The van der Waals surface area contributed by atoms with Crippen molar-refractivity contribution >= 4 is 29.2 Å². The lowest BCUT2D eigenvalue weighted by atomic mass is 9.91. The predicted molar refractivity (Wildman–Crippen MR) is 138 cm³/mol. The van der Waals surface area contributed by atoms with Crippen LogP contribution in [0.15, 0.2) is 48.7 Å². The molecule has 1 aromatic heterocycles. The van der Waals surface area contributed by atoms with E-state index in [4.69, 9.17) is 21.5 Å². The molecule has 0 atom stereocenters. The SMILES string of the molecule is O=C(Nc1ccc2c(c1)CCN(C1CCC1)CC2)c1cnn(-c2ccc(Cl)cc2)c1C(F)(F)F.O=C(O)C(F)(F)F. The zero-order valence-corrected chi connectivity index (χ0v) is 22.2. The number of carbonyl (C=O) groups excluding carboxylic acids is 1. The molecule has 1 aliphatic heterocycles. The van der Waals surface area contributed by atoms with E-state index in [1.54, 1.807) is 6.07 Å². The molecule has 0 bridgehead atoms. The van der Waals surface area contributed by atoms with E-state index in [1.807, 2.05) is 12.1 Å². The number of nitrogens with zero attached hydrogens (tertiary/aromatic N) is 3. The molecule has 3 aromatic rings. The fraction of sp³-hybridized carbons (Fsp3) is 0.370. The van der Waals surface area contributed by atoms with E-state index in [0.29, 0.717) is 16.8 Å². The van der Waals surface area contributed by atoms with Gasteiger partial charge in [0.2, 0.25) is 0 Å². The van der Waals surface area contributed by atoms with Crippen LogP contribution in [0.4, 0.5) is 32.0 Å². The number of anilines is 1. The molecule has 2 aromatic carbocycles. The number of aromatic nitrogens is 2. The van der Waals surface area contributed by atoms with E-state index in [0.717, 1.165) is 42.4 Å². The Morgan fingerprint density at radius 2 is 1.56 bits per heavy atom. The standard InChI is InChI=1S/C25H24ClF3N4O.C2HF3O2/c26-18-5-8-21(9-6-18)33-23(25(27,28)29)22(15-30-33)24(34)31-19-7-4-16-10-12-32(20-2-1-3-20)13-11-17(16)14-19;3-2(4,5)1(6)7/h4-9,14-15,20H,1-3,10-13H2,(H,31,34);(H,6,7). The van der Waals surface area contributed by atoms with Crippen LogP contribution in [-0.2, 0) is 23.8 Å². The number of carboxylic acid groups (broad SMARTS) is 1. The van der Waals surface area contributed by atoms with Crippen LogP contribution in [0.5, 0.6) is 0 Å². The van der Waals surface area contributed by atoms with Crippen molar-refractivity contribution in [3.8, 4) is 5.69 Å². The number of fused-ring (bicyclic) bond motifs is 1. The number of carbonyl (C=O) groups is 2. The number of halogens is 7. The molecule has 2 aliphatic rings. The van der Waals surface area contributed by atoms with Crippen molar-refractivity contribution in [2.24, 2.45) is 0 Å². The van der Waals surface area contributed by atoms with Gasteiger partial charge in [0.15, 0.2) is 5.69 Å². The van der Waals surface area contributed by atoms with Crippen LogP contribution in [0.1, 0.15) is 46.4 Å². The Morgan fingerprint density at radius 1 is 0.951 bits per heavy atom. The summed E-state index contributed by atoms with van der Waals surface area (Å²) in [5.41, 5.74) is 1.34. The molecular formula is C27H25ClF6N4O3. The Morgan fingerprint density at radius 3 is 2.10 bits per heavy atom. The van der Waals surface area contributed by atoms with Crippen molar-refractivity contribution < 1.29 is 41.0 Å². The van der Waals surface area contributed by atoms with Crippen molar-refractivity contribution in [1.29, 1.82) is 0 Å². The highest BCUT2D eigenvalue weighted by atomic mass is 35.5. The van der Waals surface area contributed by atoms with Gasteiger partial charge in [-0.2, -0.15) is 31.4 Å². The van der Waals surface area contributed by atoms with Crippen LogP contribution in [0.3, 0.4) is 0 Å². The zero-order valence-electron chi connectivity index (χ0n) is 21.4. The van der Waals surface area contributed by atoms with Gasteiger partial charge in [-0.25, -0.2) is 9.48 Å². The minimum absolute atomic E-state index is 0.164. The second-order valence-electron chi connectivity index (χ2n) is 9.65. The van der Waals surface area contributed by atoms with E-state index >= 15 is 0 Å². The predicted octanol–water partition coefficient (Wildman–Crippen LogP) is 6.38. The summed E-state index contributed by atoms with van der Waals surface area (Å²) in [6.45, 7) is 1.98. The Labute approximate surface area is 235 Å². The van der Waals surface area contributed by atoms with E-state index in [9.17, 15) is 31.1 Å². The fourth-order valence-corrected chi connectivity index (χ4v) is 4.83. The quantitative estimate of drug-likeness (QED) is 0.338. The third-order valence-electron chi connectivity index (χ3n) is 6.99. The minimum atomic E-state index is -5.08. The number of rotatable bonds is 4. The van der Waals surface area contributed by atoms with Gasteiger partial charge < -0.3 is 10.4 Å². The first-order valence-electron chi connectivity index (χ1n) is 12.6. The normalized spacial score (nSPS) is 16.1. The van der Waals surface area contributed by atoms with E-state index in [-0.39, 0.29) is 5.69 Å². The van der Waals surface area contributed by atoms with Crippen molar-refractivity contribution in [3.05, 3.63) is 76.1 Å². The Bertz CT molecular complexity index is 1400. The second-order valence-corrected chi connectivity index (χ2v) is 10.1. The summed E-state index contributed by atoms with van der Waals surface area (Å²) in [7, 11) is 0. The molecule has 2 heterocycles. The lowest BCUT2D eigenvalue weighted by Gasteiger charge is -2.36. The first-order valence-corrected chi connectivity index (χ1v) is 13.0. The number of aliphatic carboxylic acids is 1. The van der Waals surface area contributed by atoms with Gasteiger partial charge in [0.1, 0.15) is 0 Å². The molecule has 1 saturated carbocycles. The second kappa shape index (κ2) is 12.1. The highest BCUT2D eigenvalue weighted by Gasteiger charge is 2.41. The highest BCUT2D eigenvalue weighted by Crippen LogP contribution is 2.34. The molecule has 7 nitrogen and oxygen atoms in total. The fourth-order valence-electron chi connectivity index (χ4n) is 4.70. The van der Waals surface area contributed by atoms with Crippen LogP contribution in [0.25, 0.3) is 5.69 Å². The number of benzene rings is 2. The van der Waals surface area contributed by atoms with Crippen LogP contribution in [-0.4, -0.2) is 57.0 Å². The van der Waals surface area contributed by atoms with Crippen molar-refractivity contribution in [3.63, 3.8) is 0 Å². The van der Waals surface area contributed by atoms with Gasteiger partial charge in [0.05, 0.1) is 17.4 Å². The molecule has 1 fully saturated rings. The summed E-state index contributed by atoms with van der Waals surface area (Å²) in [6, 6.07) is 12.1. The van der Waals surface area contributed by atoms with E-state index < -0.39 is 35.5 Å². The largest absolute Gasteiger partial charge is 0.490 e. The van der Waals surface area contributed by atoms with Crippen molar-refractivity contribution in [1.82, 2.24) is 14.7 Å². The molecule has 220 valence electrons. The molecular weight excluding hydrogens is 578 g/mol. The number of hydrogen-bond donors (Lipinski definition) is 2. The topological polar surface area (TPSA) is 87.5 Å². The lowest BCUT2D eigenvalue weighted by molar-refractivity contribution is -0.192. The van der Waals surface area contributed by atoms with Crippen molar-refractivity contribution in [2.75, 3.05) is 18.4 Å². The van der Waals surface area contributed by atoms with Crippen LogP contribution < -0.4 is 5.32 Å². The van der Waals surface area contributed by atoms with E-state index in [2.05, 4.69) is 15.3 Å². The minimum Gasteiger partial charge on any atom is -0.475 e. The summed E-state index contributed by atoms with van der Waals surface area (Å²) < 4.78 is 74.3. The monoisotopic (exact) mass is 602 g/mol. The van der Waals surface area contributed by atoms with Gasteiger partial charge in [0.25, 0.3) is 5.91 Å². The summed E-state index contributed by atoms with van der Waals surface area (Å²) in [5.74, 6) is -3.61. The van der Waals surface area contributed by atoms with Crippen LogP contribution in [0.2, 0.25) is 5.02 Å². The average molecular weight is 603 g/mol. The number of nitrogens with one attached hydrogen (secondary N) is 1. The number of carboxylic acids is 1. The number of alkyl halides is 6. The first kappa shape index (κ1) is 30.4. The summed E-state index contributed by atoms with van der Waals surface area (Å²) >= 11 is 5.85. The molecule has 41 heavy (non-hydrogen) atoms. The van der Waals surface area contributed by atoms with Gasteiger partial charge in [-0.05, 0) is 73.2 Å².